The Balaban J connectivity index is 2.72. The summed E-state index contributed by atoms with van der Waals surface area (Å²) in [5.41, 5.74) is 1.37. The number of ether oxygens (including phenoxy) is 1. The second kappa shape index (κ2) is 8.32. The molecule has 1 N–H and O–H groups in total. The quantitative estimate of drug-likeness (QED) is 0.797. The normalized spacial score (nSPS) is 14.8. The molecule has 4 heteroatoms. The molecule has 0 aliphatic carbocycles. The Bertz CT molecular complexity index is 415. The third-order valence-corrected chi connectivity index (χ3v) is 4.16. The highest BCUT2D eigenvalue weighted by Crippen LogP contribution is 2.29. The predicted octanol–water partition coefficient (Wildman–Crippen LogP) is 3.47. The van der Waals surface area contributed by atoms with Gasteiger partial charge < -0.3 is 10.1 Å². The number of hydrogen-bond acceptors (Lipinski definition) is 4. The number of hydrogen-bond donors (Lipinski definition) is 1. The van der Waals surface area contributed by atoms with Crippen LogP contribution in [-0.4, -0.2) is 29.7 Å². The highest BCUT2D eigenvalue weighted by Gasteiger charge is 2.23. The molecule has 120 valence electrons. The van der Waals surface area contributed by atoms with Crippen molar-refractivity contribution in [1.29, 1.82) is 0 Å². The number of methoxy groups -OCH3 is 1. The van der Waals surface area contributed by atoms with E-state index in [-0.39, 0.29) is 0 Å². The summed E-state index contributed by atoms with van der Waals surface area (Å²) in [4.78, 5) is 8.45. The maximum atomic E-state index is 5.18. The minimum absolute atomic E-state index is 0.329. The maximum absolute atomic E-state index is 5.18. The van der Waals surface area contributed by atoms with Crippen LogP contribution in [-0.2, 0) is 6.42 Å². The summed E-state index contributed by atoms with van der Waals surface area (Å²) in [6.07, 6.45) is 4.79. The summed E-state index contributed by atoms with van der Waals surface area (Å²) >= 11 is 0. The van der Waals surface area contributed by atoms with Crippen LogP contribution in [0.2, 0.25) is 0 Å². The molecule has 1 aromatic rings. The van der Waals surface area contributed by atoms with Crippen LogP contribution in [0.1, 0.15) is 53.2 Å². The summed E-state index contributed by atoms with van der Waals surface area (Å²) in [7, 11) is 1.64. The van der Waals surface area contributed by atoms with Gasteiger partial charge in [-0.3, -0.25) is 0 Å². The van der Waals surface area contributed by atoms with Crippen molar-refractivity contribution in [3.63, 3.8) is 0 Å². The van der Waals surface area contributed by atoms with Gasteiger partial charge in [-0.15, -0.1) is 0 Å². The van der Waals surface area contributed by atoms with Crippen LogP contribution in [0.4, 0.5) is 0 Å². The summed E-state index contributed by atoms with van der Waals surface area (Å²) in [6, 6.07) is 2.38. The van der Waals surface area contributed by atoms with Gasteiger partial charge in [-0.2, -0.15) is 0 Å². The molecule has 0 aliphatic heterocycles. The minimum atomic E-state index is 0.329. The first-order chi connectivity index (χ1) is 9.86. The first kappa shape index (κ1) is 17.9. The topological polar surface area (TPSA) is 47.0 Å². The van der Waals surface area contributed by atoms with Crippen LogP contribution in [0.25, 0.3) is 0 Å². The van der Waals surface area contributed by atoms with Crippen molar-refractivity contribution >= 4 is 0 Å². The summed E-state index contributed by atoms with van der Waals surface area (Å²) < 4.78 is 5.18. The Morgan fingerprint density at radius 1 is 1.29 bits per heavy atom. The second-order valence-electron chi connectivity index (χ2n) is 6.91. The molecule has 0 fully saturated rings. The molecule has 0 spiro atoms. The van der Waals surface area contributed by atoms with Crippen molar-refractivity contribution < 1.29 is 4.74 Å². The Labute approximate surface area is 129 Å². The molecule has 0 aliphatic rings. The Morgan fingerprint density at radius 2 is 2.00 bits per heavy atom. The first-order valence-electron chi connectivity index (χ1n) is 7.95. The van der Waals surface area contributed by atoms with E-state index < -0.39 is 0 Å². The van der Waals surface area contributed by atoms with Crippen LogP contribution in [0, 0.1) is 11.3 Å². The Kier molecular flexibility index (Phi) is 7.09. The van der Waals surface area contributed by atoms with Gasteiger partial charge in [0.2, 0.25) is 5.88 Å². The zero-order valence-electron chi connectivity index (χ0n) is 14.4. The smallest absolute Gasteiger partial charge is 0.216 e. The van der Waals surface area contributed by atoms with Crippen LogP contribution in [0.5, 0.6) is 5.88 Å². The van der Waals surface area contributed by atoms with Gasteiger partial charge in [-0.25, -0.2) is 9.97 Å². The molecule has 0 bridgehead atoms. The number of nitrogens with zero attached hydrogens (tertiary/aromatic N) is 2. The summed E-state index contributed by atoms with van der Waals surface area (Å²) in [6.45, 7) is 12.5. The molecule has 0 aromatic carbocycles. The Hall–Kier alpha value is -1.16. The highest BCUT2D eigenvalue weighted by atomic mass is 16.5. The molecule has 4 nitrogen and oxygen atoms in total. The van der Waals surface area contributed by atoms with Crippen LogP contribution >= 0.6 is 0 Å². The lowest BCUT2D eigenvalue weighted by Crippen LogP contribution is -2.36. The van der Waals surface area contributed by atoms with Gasteiger partial charge in [0.1, 0.15) is 6.33 Å². The van der Waals surface area contributed by atoms with Crippen molar-refractivity contribution in [2.75, 3.05) is 13.7 Å². The van der Waals surface area contributed by atoms with Gasteiger partial charge in [-0.05, 0) is 30.7 Å². The summed E-state index contributed by atoms with van der Waals surface area (Å²) in [5.74, 6) is 1.29. The van der Waals surface area contributed by atoms with E-state index in [1.807, 2.05) is 6.07 Å². The van der Waals surface area contributed by atoms with E-state index in [9.17, 15) is 0 Å². The molecule has 21 heavy (non-hydrogen) atoms. The van der Waals surface area contributed by atoms with Gasteiger partial charge in [0, 0.05) is 24.2 Å². The van der Waals surface area contributed by atoms with Crippen molar-refractivity contribution in [3.8, 4) is 5.88 Å². The van der Waals surface area contributed by atoms with E-state index in [1.165, 1.54) is 0 Å². The van der Waals surface area contributed by atoms with E-state index in [1.54, 1.807) is 13.4 Å². The Morgan fingerprint density at radius 3 is 2.57 bits per heavy atom. The lowest BCUT2D eigenvalue weighted by Gasteiger charge is -2.31. The average molecular weight is 293 g/mol. The molecular formula is C17H31N3O. The van der Waals surface area contributed by atoms with Crippen molar-refractivity contribution in [2.45, 2.75) is 59.9 Å². The lowest BCUT2D eigenvalue weighted by molar-refractivity contribution is 0.221. The van der Waals surface area contributed by atoms with Crippen molar-refractivity contribution in [2.24, 2.45) is 11.3 Å². The van der Waals surface area contributed by atoms with Crippen LogP contribution < -0.4 is 10.1 Å². The van der Waals surface area contributed by atoms with Gasteiger partial charge in [0.15, 0.2) is 0 Å². The maximum Gasteiger partial charge on any atom is 0.216 e. The van der Waals surface area contributed by atoms with Gasteiger partial charge >= 0.3 is 0 Å². The fourth-order valence-electron chi connectivity index (χ4n) is 2.22. The third-order valence-electron chi connectivity index (χ3n) is 4.16. The summed E-state index contributed by atoms with van der Waals surface area (Å²) in [5, 5.41) is 3.66. The zero-order valence-corrected chi connectivity index (χ0v) is 14.4. The molecule has 0 radical (unpaired) electrons. The van der Waals surface area contributed by atoms with Crippen LogP contribution in [0.3, 0.4) is 0 Å². The molecule has 1 rings (SSSR count). The lowest BCUT2D eigenvalue weighted by atomic mass is 9.78. The number of aromatic nitrogens is 2. The third kappa shape index (κ3) is 6.42. The molecule has 0 saturated carbocycles. The fraction of sp³-hybridized carbons (Fsp3) is 0.765. The first-order valence-corrected chi connectivity index (χ1v) is 7.95. The average Bonchev–Trinajstić information content (AvgIpc) is 2.43. The molecule has 2 unspecified atom stereocenters. The van der Waals surface area contributed by atoms with Crippen molar-refractivity contribution in [1.82, 2.24) is 15.3 Å². The monoisotopic (exact) mass is 293 g/mol. The van der Waals surface area contributed by atoms with Crippen molar-refractivity contribution in [3.05, 3.63) is 18.1 Å². The van der Waals surface area contributed by atoms with E-state index in [2.05, 4.69) is 49.9 Å². The standard InChI is InChI=1S/C17H31N3O/c1-7-8-18-14(9-13(2)17(3,4)5)10-15-11-16(21-6)20-12-19-15/h11-14,18H,7-10H2,1-6H3. The minimum Gasteiger partial charge on any atom is -0.481 e. The van der Waals surface area contributed by atoms with Gasteiger partial charge in [0.25, 0.3) is 0 Å². The molecule has 2 atom stereocenters. The van der Waals surface area contributed by atoms with E-state index in [0.29, 0.717) is 23.3 Å². The molecule has 0 amide bonds. The fourth-order valence-corrected chi connectivity index (χ4v) is 2.22. The van der Waals surface area contributed by atoms with Gasteiger partial charge in [-0.1, -0.05) is 34.6 Å². The van der Waals surface area contributed by atoms with E-state index in [4.69, 9.17) is 4.74 Å². The van der Waals surface area contributed by atoms with E-state index in [0.717, 1.165) is 31.5 Å². The molecule has 0 saturated heterocycles. The number of rotatable bonds is 8. The van der Waals surface area contributed by atoms with Crippen LogP contribution in [0.15, 0.2) is 12.4 Å². The largest absolute Gasteiger partial charge is 0.481 e. The molecular weight excluding hydrogens is 262 g/mol. The predicted molar refractivity (Wildman–Crippen MR) is 87.6 cm³/mol. The highest BCUT2D eigenvalue weighted by molar-refractivity contribution is 5.14. The van der Waals surface area contributed by atoms with E-state index >= 15 is 0 Å². The molecule has 1 heterocycles. The van der Waals surface area contributed by atoms with Gasteiger partial charge in [0.05, 0.1) is 7.11 Å². The second-order valence-corrected chi connectivity index (χ2v) is 6.91. The SMILES string of the molecule is CCCNC(Cc1cc(OC)ncn1)CC(C)C(C)(C)C. The molecule has 1 aromatic heterocycles. The number of nitrogens with one attached hydrogen (secondary N) is 1. The zero-order chi connectivity index (χ0) is 15.9.